The number of benzene rings is 2. The summed E-state index contributed by atoms with van der Waals surface area (Å²) in [5.74, 6) is -0.441. The van der Waals surface area contributed by atoms with Crippen molar-refractivity contribution in [2.24, 2.45) is 0 Å². The van der Waals surface area contributed by atoms with Gasteiger partial charge in [-0.25, -0.2) is 4.79 Å². The van der Waals surface area contributed by atoms with E-state index in [0.717, 1.165) is 22.0 Å². The molecule has 0 aliphatic carbocycles. The average molecular weight is 376 g/mol. The maximum atomic E-state index is 12.4. The van der Waals surface area contributed by atoms with E-state index < -0.39 is 18.0 Å². The standard InChI is InChI=1S/C21H20N4O3/c22-10-11-23-20(26)19(12-16-13-24-18-9-5-4-8-17(16)18)25-21(27)28-14-15-6-2-1-3-7-15/h1-9,13,19,24H,11-12,14H2,(H,23,26)(H,25,27)/t19-/m0/s1. The molecule has 142 valence electrons. The highest BCUT2D eigenvalue weighted by Crippen LogP contribution is 2.19. The number of rotatable bonds is 7. The first kappa shape index (κ1) is 19.0. The number of nitrogens with one attached hydrogen (secondary N) is 3. The highest BCUT2D eigenvalue weighted by Gasteiger charge is 2.23. The van der Waals surface area contributed by atoms with E-state index in [-0.39, 0.29) is 19.6 Å². The van der Waals surface area contributed by atoms with Gasteiger partial charge in [0.1, 0.15) is 19.2 Å². The molecule has 7 nitrogen and oxygen atoms in total. The zero-order valence-electron chi connectivity index (χ0n) is 15.1. The first-order valence-electron chi connectivity index (χ1n) is 8.84. The van der Waals surface area contributed by atoms with Crippen LogP contribution < -0.4 is 10.6 Å². The number of carbonyl (C=O) groups excluding carboxylic acids is 2. The number of nitrogens with zero attached hydrogens (tertiary/aromatic N) is 1. The monoisotopic (exact) mass is 376 g/mol. The molecule has 28 heavy (non-hydrogen) atoms. The Morgan fingerprint density at radius 1 is 1.11 bits per heavy atom. The number of hydrogen-bond donors (Lipinski definition) is 3. The van der Waals surface area contributed by atoms with Gasteiger partial charge in [0, 0.05) is 23.5 Å². The summed E-state index contributed by atoms with van der Waals surface area (Å²) in [6, 6.07) is 18.0. The minimum Gasteiger partial charge on any atom is -0.445 e. The molecule has 1 atom stereocenters. The number of para-hydroxylation sites is 1. The van der Waals surface area contributed by atoms with E-state index in [9.17, 15) is 9.59 Å². The van der Waals surface area contributed by atoms with Gasteiger partial charge in [0.2, 0.25) is 5.91 Å². The minimum absolute atomic E-state index is 0.103. The van der Waals surface area contributed by atoms with Crippen molar-refractivity contribution in [2.45, 2.75) is 19.1 Å². The third-order valence-corrected chi connectivity index (χ3v) is 4.26. The first-order chi connectivity index (χ1) is 13.7. The van der Waals surface area contributed by atoms with Crippen LogP contribution in [0.2, 0.25) is 0 Å². The van der Waals surface area contributed by atoms with Crippen LogP contribution in [0.15, 0.2) is 60.8 Å². The minimum atomic E-state index is -0.865. The number of H-pyrrole nitrogens is 1. The van der Waals surface area contributed by atoms with Crippen LogP contribution in [0.4, 0.5) is 4.79 Å². The maximum Gasteiger partial charge on any atom is 0.408 e. The Labute approximate surface area is 162 Å². The van der Waals surface area contributed by atoms with Crippen LogP contribution in [0, 0.1) is 11.3 Å². The predicted octanol–water partition coefficient (Wildman–Crippen LogP) is 2.65. The normalized spacial score (nSPS) is 11.4. The Morgan fingerprint density at radius 3 is 2.64 bits per heavy atom. The molecule has 2 aromatic carbocycles. The molecular formula is C21H20N4O3. The van der Waals surface area contributed by atoms with Crippen molar-refractivity contribution >= 4 is 22.9 Å². The van der Waals surface area contributed by atoms with Crippen molar-refractivity contribution in [1.82, 2.24) is 15.6 Å². The molecule has 0 unspecified atom stereocenters. The SMILES string of the molecule is N#CCNC(=O)[C@H](Cc1c[nH]c2ccccc12)NC(=O)OCc1ccccc1. The summed E-state index contributed by atoms with van der Waals surface area (Å²) in [5, 5.41) is 14.8. The maximum absolute atomic E-state index is 12.4. The Morgan fingerprint density at radius 2 is 1.86 bits per heavy atom. The van der Waals surface area contributed by atoms with E-state index in [0.29, 0.717) is 0 Å². The van der Waals surface area contributed by atoms with Gasteiger partial charge >= 0.3 is 6.09 Å². The number of ether oxygens (including phenoxy) is 1. The molecule has 0 spiro atoms. The van der Waals surface area contributed by atoms with Crippen molar-refractivity contribution < 1.29 is 14.3 Å². The Kier molecular flexibility index (Phi) is 6.26. The lowest BCUT2D eigenvalue weighted by Gasteiger charge is -2.17. The fourth-order valence-electron chi connectivity index (χ4n) is 2.89. The van der Waals surface area contributed by atoms with E-state index in [1.54, 1.807) is 0 Å². The highest BCUT2D eigenvalue weighted by molar-refractivity contribution is 5.88. The summed E-state index contributed by atoms with van der Waals surface area (Å²) < 4.78 is 5.22. The Bertz CT molecular complexity index is 992. The fraction of sp³-hybridized carbons (Fsp3) is 0.190. The van der Waals surface area contributed by atoms with Crippen molar-refractivity contribution in [3.05, 3.63) is 71.9 Å². The van der Waals surface area contributed by atoms with Gasteiger partial charge in [-0.1, -0.05) is 48.5 Å². The van der Waals surface area contributed by atoms with E-state index in [1.165, 1.54) is 0 Å². The topological polar surface area (TPSA) is 107 Å². The third-order valence-electron chi connectivity index (χ3n) is 4.26. The number of hydrogen-bond acceptors (Lipinski definition) is 4. The summed E-state index contributed by atoms with van der Waals surface area (Å²) in [4.78, 5) is 27.8. The zero-order valence-corrected chi connectivity index (χ0v) is 15.1. The summed E-state index contributed by atoms with van der Waals surface area (Å²) in [6.07, 6.45) is 1.38. The molecule has 1 aromatic heterocycles. The Hall–Kier alpha value is -3.79. The second kappa shape index (κ2) is 9.24. The summed E-state index contributed by atoms with van der Waals surface area (Å²) >= 11 is 0. The van der Waals surface area contributed by atoms with Gasteiger partial charge in [0.25, 0.3) is 0 Å². The molecule has 0 radical (unpaired) electrons. The third kappa shape index (κ3) is 4.89. The summed E-state index contributed by atoms with van der Waals surface area (Å²) in [7, 11) is 0. The van der Waals surface area contributed by atoms with Crippen LogP contribution >= 0.6 is 0 Å². The number of alkyl carbamates (subject to hydrolysis) is 1. The zero-order chi connectivity index (χ0) is 19.8. The molecular weight excluding hydrogens is 356 g/mol. The number of aromatic nitrogens is 1. The molecule has 3 aromatic rings. The molecule has 3 N–H and O–H groups in total. The quantitative estimate of drug-likeness (QED) is 0.551. The second-order valence-corrected chi connectivity index (χ2v) is 6.20. The van der Waals surface area contributed by atoms with Gasteiger partial charge in [-0.2, -0.15) is 5.26 Å². The molecule has 0 aliphatic rings. The van der Waals surface area contributed by atoms with E-state index in [2.05, 4.69) is 15.6 Å². The predicted molar refractivity (Wildman–Crippen MR) is 104 cm³/mol. The molecule has 0 bridgehead atoms. The smallest absolute Gasteiger partial charge is 0.408 e. The molecule has 2 amide bonds. The lowest BCUT2D eigenvalue weighted by molar-refractivity contribution is -0.122. The van der Waals surface area contributed by atoms with Gasteiger partial charge in [0.05, 0.1) is 6.07 Å². The van der Waals surface area contributed by atoms with Gasteiger partial charge < -0.3 is 20.4 Å². The van der Waals surface area contributed by atoms with Gasteiger partial charge in [-0.05, 0) is 17.2 Å². The van der Waals surface area contributed by atoms with Crippen LogP contribution in [-0.4, -0.2) is 29.6 Å². The average Bonchev–Trinajstić information content (AvgIpc) is 3.13. The summed E-state index contributed by atoms with van der Waals surface area (Å²) in [6.45, 7) is -0.0315. The largest absolute Gasteiger partial charge is 0.445 e. The molecule has 7 heteroatoms. The van der Waals surface area contributed by atoms with Crippen molar-refractivity contribution in [1.29, 1.82) is 5.26 Å². The molecule has 0 aliphatic heterocycles. The van der Waals surface area contributed by atoms with Gasteiger partial charge in [-0.3, -0.25) is 4.79 Å². The molecule has 0 saturated carbocycles. The number of nitriles is 1. The second-order valence-electron chi connectivity index (χ2n) is 6.20. The van der Waals surface area contributed by atoms with Crippen LogP contribution in [0.1, 0.15) is 11.1 Å². The van der Waals surface area contributed by atoms with Gasteiger partial charge in [-0.15, -0.1) is 0 Å². The fourth-order valence-corrected chi connectivity index (χ4v) is 2.89. The van der Waals surface area contributed by atoms with Crippen LogP contribution in [0.5, 0.6) is 0 Å². The lowest BCUT2D eigenvalue weighted by Crippen LogP contribution is -2.48. The summed E-state index contributed by atoms with van der Waals surface area (Å²) in [5.41, 5.74) is 2.68. The van der Waals surface area contributed by atoms with Crippen molar-refractivity contribution in [3.8, 4) is 6.07 Å². The van der Waals surface area contributed by atoms with E-state index >= 15 is 0 Å². The number of aromatic amines is 1. The number of carbonyl (C=O) groups is 2. The first-order valence-corrected chi connectivity index (χ1v) is 8.84. The lowest BCUT2D eigenvalue weighted by atomic mass is 10.0. The van der Waals surface area contributed by atoms with Crippen molar-refractivity contribution in [3.63, 3.8) is 0 Å². The molecule has 3 rings (SSSR count). The van der Waals surface area contributed by atoms with E-state index in [1.807, 2.05) is 66.9 Å². The van der Waals surface area contributed by atoms with Crippen molar-refractivity contribution in [2.75, 3.05) is 6.54 Å². The molecule has 0 saturated heterocycles. The van der Waals surface area contributed by atoms with E-state index in [4.69, 9.17) is 10.00 Å². The van der Waals surface area contributed by atoms with Crippen LogP contribution in [0.3, 0.4) is 0 Å². The van der Waals surface area contributed by atoms with Crippen LogP contribution in [0.25, 0.3) is 10.9 Å². The molecule has 1 heterocycles. The number of amides is 2. The highest BCUT2D eigenvalue weighted by atomic mass is 16.5. The number of fused-ring (bicyclic) bond motifs is 1. The van der Waals surface area contributed by atoms with Gasteiger partial charge in [0.15, 0.2) is 0 Å². The van der Waals surface area contributed by atoms with Crippen LogP contribution in [-0.2, 0) is 22.6 Å². The Balaban J connectivity index is 1.68. The molecule has 0 fully saturated rings.